The number of ether oxygens (including phenoxy) is 1. The Morgan fingerprint density at radius 3 is 2.55 bits per heavy atom. The van der Waals surface area contributed by atoms with E-state index in [4.69, 9.17) is 4.74 Å². The topological polar surface area (TPSA) is 25.4 Å². The van der Waals surface area contributed by atoms with Gasteiger partial charge in [0.25, 0.3) is 0 Å². The molecule has 1 aromatic carbocycles. The minimum Gasteiger partial charge on any atom is -0.496 e. The number of anilines is 1. The van der Waals surface area contributed by atoms with Gasteiger partial charge in [-0.1, -0.05) is 12.1 Å². The Bertz CT molecular complexity index is 613. The van der Waals surface area contributed by atoms with Gasteiger partial charge in [-0.25, -0.2) is 4.98 Å². The molecular formula is C16H19BrN2O. The molecule has 2 aromatic rings. The van der Waals surface area contributed by atoms with Gasteiger partial charge in [0.15, 0.2) is 0 Å². The van der Waals surface area contributed by atoms with E-state index in [9.17, 15) is 0 Å². The van der Waals surface area contributed by atoms with Gasteiger partial charge in [-0.2, -0.15) is 0 Å². The SMILES string of the molecule is COc1ccc(CN(C)c2cc(C)c(Br)cn2)cc1C. The summed E-state index contributed by atoms with van der Waals surface area (Å²) in [6.07, 6.45) is 1.85. The average molecular weight is 335 g/mol. The van der Waals surface area contributed by atoms with Gasteiger partial charge in [-0.15, -0.1) is 0 Å². The smallest absolute Gasteiger partial charge is 0.128 e. The third kappa shape index (κ3) is 3.31. The number of aromatic nitrogens is 1. The molecule has 3 nitrogen and oxygen atoms in total. The lowest BCUT2D eigenvalue weighted by atomic mass is 10.1. The van der Waals surface area contributed by atoms with E-state index in [2.05, 4.69) is 64.9 Å². The highest BCUT2D eigenvalue weighted by atomic mass is 79.9. The van der Waals surface area contributed by atoms with Crippen molar-refractivity contribution in [2.24, 2.45) is 0 Å². The highest BCUT2D eigenvalue weighted by Gasteiger charge is 2.07. The van der Waals surface area contributed by atoms with E-state index in [1.165, 1.54) is 11.1 Å². The second kappa shape index (κ2) is 6.27. The van der Waals surface area contributed by atoms with Crippen molar-refractivity contribution in [2.75, 3.05) is 19.1 Å². The first-order valence-corrected chi connectivity index (χ1v) is 7.27. The van der Waals surface area contributed by atoms with E-state index >= 15 is 0 Å². The maximum atomic E-state index is 5.29. The number of pyridine rings is 1. The molecule has 20 heavy (non-hydrogen) atoms. The summed E-state index contributed by atoms with van der Waals surface area (Å²) >= 11 is 3.48. The molecule has 0 saturated heterocycles. The fourth-order valence-corrected chi connectivity index (χ4v) is 2.34. The van der Waals surface area contributed by atoms with E-state index in [-0.39, 0.29) is 0 Å². The fourth-order valence-electron chi connectivity index (χ4n) is 2.13. The molecule has 0 amide bonds. The lowest BCUT2D eigenvalue weighted by Gasteiger charge is -2.19. The molecular weight excluding hydrogens is 316 g/mol. The normalized spacial score (nSPS) is 10.4. The van der Waals surface area contributed by atoms with Crippen LogP contribution in [0.1, 0.15) is 16.7 Å². The summed E-state index contributed by atoms with van der Waals surface area (Å²) in [6.45, 7) is 4.95. The van der Waals surface area contributed by atoms with Gasteiger partial charge in [0.05, 0.1) is 7.11 Å². The zero-order valence-corrected chi connectivity index (χ0v) is 13.9. The molecule has 4 heteroatoms. The molecule has 106 valence electrons. The Kier molecular flexibility index (Phi) is 4.65. The van der Waals surface area contributed by atoms with Crippen LogP contribution in [0.5, 0.6) is 5.75 Å². The summed E-state index contributed by atoms with van der Waals surface area (Å²) in [4.78, 5) is 6.59. The van der Waals surface area contributed by atoms with Gasteiger partial charge in [-0.05, 0) is 58.6 Å². The van der Waals surface area contributed by atoms with E-state index in [1.807, 2.05) is 12.3 Å². The van der Waals surface area contributed by atoms with Crippen molar-refractivity contribution in [3.63, 3.8) is 0 Å². The number of hydrogen-bond donors (Lipinski definition) is 0. The van der Waals surface area contributed by atoms with Crippen LogP contribution in [0.2, 0.25) is 0 Å². The third-order valence-electron chi connectivity index (χ3n) is 3.30. The van der Waals surface area contributed by atoms with Crippen molar-refractivity contribution in [3.8, 4) is 5.75 Å². The van der Waals surface area contributed by atoms with Crippen molar-refractivity contribution in [3.05, 3.63) is 51.6 Å². The van der Waals surface area contributed by atoms with Crippen molar-refractivity contribution < 1.29 is 4.74 Å². The number of halogens is 1. The first kappa shape index (κ1) is 14.9. The van der Waals surface area contributed by atoms with E-state index in [0.29, 0.717) is 0 Å². The van der Waals surface area contributed by atoms with Crippen LogP contribution in [0.3, 0.4) is 0 Å². The summed E-state index contributed by atoms with van der Waals surface area (Å²) < 4.78 is 6.32. The largest absolute Gasteiger partial charge is 0.496 e. The number of hydrogen-bond acceptors (Lipinski definition) is 3. The molecule has 0 N–H and O–H groups in total. The molecule has 0 fully saturated rings. The van der Waals surface area contributed by atoms with Gasteiger partial charge in [0, 0.05) is 24.3 Å². The Hall–Kier alpha value is -1.55. The van der Waals surface area contributed by atoms with E-state index < -0.39 is 0 Å². The Balaban J connectivity index is 2.16. The molecule has 0 bridgehead atoms. The molecule has 0 aliphatic carbocycles. The van der Waals surface area contributed by atoms with Crippen LogP contribution in [0, 0.1) is 13.8 Å². The van der Waals surface area contributed by atoms with Crippen LogP contribution >= 0.6 is 15.9 Å². The van der Waals surface area contributed by atoms with Gasteiger partial charge in [0.2, 0.25) is 0 Å². The Morgan fingerprint density at radius 2 is 1.95 bits per heavy atom. The first-order chi connectivity index (χ1) is 9.51. The lowest BCUT2D eigenvalue weighted by Crippen LogP contribution is -2.17. The monoisotopic (exact) mass is 334 g/mol. The van der Waals surface area contributed by atoms with Crippen LogP contribution in [-0.4, -0.2) is 19.1 Å². The van der Waals surface area contributed by atoms with Crippen molar-refractivity contribution in [2.45, 2.75) is 20.4 Å². The maximum Gasteiger partial charge on any atom is 0.128 e. The second-order valence-corrected chi connectivity index (χ2v) is 5.81. The summed E-state index contributed by atoms with van der Waals surface area (Å²) in [6, 6.07) is 8.34. The van der Waals surface area contributed by atoms with Gasteiger partial charge in [-0.3, -0.25) is 0 Å². The molecule has 0 aliphatic heterocycles. The molecule has 0 unspecified atom stereocenters. The zero-order chi connectivity index (χ0) is 14.7. The van der Waals surface area contributed by atoms with Crippen LogP contribution in [0.25, 0.3) is 0 Å². The standard InChI is InChI=1S/C16H19BrN2O/c1-11-8-16(18-9-14(11)17)19(3)10-13-5-6-15(20-4)12(2)7-13/h5-9H,10H2,1-4H3. The number of rotatable bonds is 4. The highest BCUT2D eigenvalue weighted by Crippen LogP contribution is 2.22. The van der Waals surface area contributed by atoms with Gasteiger partial charge < -0.3 is 9.64 Å². The fraction of sp³-hybridized carbons (Fsp3) is 0.312. The van der Waals surface area contributed by atoms with Crippen LogP contribution in [0.4, 0.5) is 5.82 Å². The number of nitrogens with zero attached hydrogens (tertiary/aromatic N) is 2. The zero-order valence-electron chi connectivity index (χ0n) is 12.3. The molecule has 0 spiro atoms. The molecule has 2 rings (SSSR count). The molecule has 1 heterocycles. The van der Waals surface area contributed by atoms with Crippen molar-refractivity contribution >= 4 is 21.7 Å². The summed E-state index contributed by atoms with van der Waals surface area (Å²) in [5.41, 5.74) is 3.58. The minimum atomic E-state index is 0.818. The first-order valence-electron chi connectivity index (χ1n) is 6.48. The second-order valence-electron chi connectivity index (χ2n) is 4.95. The molecule has 1 aromatic heterocycles. The van der Waals surface area contributed by atoms with Crippen LogP contribution in [-0.2, 0) is 6.54 Å². The van der Waals surface area contributed by atoms with Crippen LogP contribution < -0.4 is 9.64 Å². The average Bonchev–Trinajstić information content (AvgIpc) is 2.42. The van der Waals surface area contributed by atoms with Gasteiger partial charge in [0.1, 0.15) is 11.6 Å². The number of aryl methyl sites for hydroxylation is 2. The Morgan fingerprint density at radius 1 is 1.20 bits per heavy atom. The minimum absolute atomic E-state index is 0.818. The number of benzene rings is 1. The summed E-state index contributed by atoms with van der Waals surface area (Å²) in [7, 11) is 3.75. The predicted molar refractivity (Wildman–Crippen MR) is 86.5 cm³/mol. The maximum absolute atomic E-state index is 5.29. The number of methoxy groups -OCH3 is 1. The van der Waals surface area contributed by atoms with Crippen LogP contribution in [0.15, 0.2) is 34.9 Å². The van der Waals surface area contributed by atoms with Crippen molar-refractivity contribution in [1.82, 2.24) is 4.98 Å². The van der Waals surface area contributed by atoms with Gasteiger partial charge >= 0.3 is 0 Å². The summed E-state index contributed by atoms with van der Waals surface area (Å²) in [5, 5.41) is 0. The predicted octanol–water partition coefficient (Wildman–Crippen LogP) is 4.11. The van der Waals surface area contributed by atoms with Crippen molar-refractivity contribution in [1.29, 1.82) is 0 Å². The summed E-state index contributed by atoms with van der Waals surface area (Å²) in [5.74, 6) is 1.90. The van der Waals surface area contributed by atoms with E-state index in [1.54, 1.807) is 7.11 Å². The Labute approximate surface area is 128 Å². The molecule has 0 atom stereocenters. The third-order valence-corrected chi connectivity index (χ3v) is 4.13. The quantitative estimate of drug-likeness (QED) is 0.841. The molecule has 0 radical (unpaired) electrons. The molecule has 0 aliphatic rings. The highest BCUT2D eigenvalue weighted by molar-refractivity contribution is 9.10. The van der Waals surface area contributed by atoms with E-state index in [0.717, 1.165) is 28.1 Å². The molecule has 0 saturated carbocycles. The lowest BCUT2D eigenvalue weighted by molar-refractivity contribution is 0.411.